The fourth-order valence-corrected chi connectivity index (χ4v) is 0.534. The van der Waals surface area contributed by atoms with Crippen LogP contribution >= 0.6 is 0 Å². The first-order chi connectivity index (χ1) is 3.80. The maximum atomic E-state index is 3.80. The Morgan fingerprint density at radius 2 is 2.22 bits per heavy atom. The quantitative estimate of drug-likeness (QED) is 0.402. The first-order valence-corrected chi connectivity index (χ1v) is 2.60. The Kier molecular flexibility index (Phi) is 2.87. The molecule has 52 valence electrons. The predicted molar refractivity (Wildman–Crippen MR) is 31.1 cm³/mol. The normalized spacial score (nSPS) is 9.22. The van der Waals surface area contributed by atoms with Gasteiger partial charge in [-0.2, -0.15) is 5.10 Å². The van der Waals surface area contributed by atoms with Gasteiger partial charge in [0.1, 0.15) is 0 Å². The molecule has 0 aromatic carbocycles. The van der Waals surface area contributed by atoms with E-state index in [0.29, 0.717) is 0 Å². The number of aromatic nitrogens is 2. The van der Waals surface area contributed by atoms with E-state index in [1.165, 1.54) is 4.90 Å². The molecule has 1 aromatic heterocycles. The third-order valence-corrected chi connectivity index (χ3v) is 1.04. The zero-order chi connectivity index (χ0) is 5.98. The highest BCUT2D eigenvalue weighted by molar-refractivity contribution is 5.11. The molecule has 0 amide bonds. The lowest BCUT2D eigenvalue weighted by Crippen LogP contribution is -3.00. The number of halogens is 1. The van der Waals surface area contributed by atoms with Crippen LogP contribution in [-0.4, -0.2) is 24.3 Å². The Balaban J connectivity index is 0.000000640. The molecule has 2 N–H and O–H groups in total. The second-order valence-corrected chi connectivity index (χ2v) is 1.97. The van der Waals surface area contributed by atoms with Crippen molar-refractivity contribution in [2.75, 3.05) is 14.1 Å². The topological polar surface area (TPSA) is 33.1 Å². The van der Waals surface area contributed by atoms with Gasteiger partial charge in [-0.3, -0.25) is 4.90 Å². The average molecular weight is 131 g/mol. The van der Waals surface area contributed by atoms with E-state index in [-0.39, 0.29) is 4.70 Å². The summed E-state index contributed by atoms with van der Waals surface area (Å²) in [5.74, 6) is 1.12. The fourth-order valence-electron chi connectivity index (χ4n) is 0.534. The Morgan fingerprint density at radius 1 is 1.56 bits per heavy atom. The van der Waals surface area contributed by atoms with Gasteiger partial charge in [0.15, 0.2) is 0 Å². The van der Waals surface area contributed by atoms with Gasteiger partial charge in [-0.05, 0) is 0 Å². The summed E-state index contributed by atoms with van der Waals surface area (Å²) in [5.41, 5.74) is 0. The van der Waals surface area contributed by atoms with E-state index in [0.717, 1.165) is 5.82 Å². The number of nitrogens with one attached hydrogen (secondary N) is 2. The minimum atomic E-state index is 0. The van der Waals surface area contributed by atoms with Gasteiger partial charge in [0.25, 0.3) is 0 Å². The smallest absolute Gasteiger partial charge is 0.221 e. The molecule has 0 aliphatic heterocycles. The third-order valence-electron chi connectivity index (χ3n) is 1.04. The summed E-state index contributed by atoms with van der Waals surface area (Å²) in [4.78, 5) is 1.27. The number of aromatic amines is 1. The highest BCUT2D eigenvalue weighted by Crippen LogP contribution is 1.86. The van der Waals surface area contributed by atoms with Crippen molar-refractivity contribution in [2.45, 2.75) is 0 Å². The van der Waals surface area contributed by atoms with E-state index >= 15 is 0 Å². The summed E-state index contributed by atoms with van der Waals surface area (Å²) in [6.07, 6.45) is 1.75. The molecule has 1 rings (SSSR count). The van der Waals surface area contributed by atoms with Crippen LogP contribution in [0.5, 0.6) is 0 Å². The van der Waals surface area contributed by atoms with Crippen LogP contribution in [0.2, 0.25) is 0 Å². The van der Waals surface area contributed by atoms with Crippen molar-refractivity contribution in [2.24, 2.45) is 0 Å². The summed E-state index contributed by atoms with van der Waals surface area (Å²) in [7, 11) is 4.10. The number of quaternary nitrogens is 1. The largest absolute Gasteiger partial charge is 1.00 e. The number of H-pyrrole nitrogens is 1. The predicted octanol–water partition coefficient (Wildman–Crippen LogP) is -3.81. The van der Waals surface area contributed by atoms with Crippen molar-refractivity contribution in [1.82, 2.24) is 10.2 Å². The van der Waals surface area contributed by atoms with E-state index in [2.05, 4.69) is 10.2 Å². The molecule has 0 fully saturated rings. The molecule has 0 aliphatic rings. The molecule has 4 heteroatoms. The number of rotatable bonds is 1. The van der Waals surface area contributed by atoms with E-state index in [1.54, 1.807) is 6.20 Å². The molecule has 3 nitrogen and oxygen atoms in total. The monoisotopic (exact) mass is 131 g/mol. The standard InChI is InChI=1S/C5H9N3.FH/c1-8(2)5-3-4-6-7-5;/h3-4H,1-2H3,(H,6,7);1H. The first-order valence-electron chi connectivity index (χ1n) is 2.60. The van der Waals surface area contributed by atoms with Gasteiger partial charge < -0.3 is 4.70 Å². The van der Waals surface area contributed by atoms with Crippen LogP contribution in [0.15, 0.2) is 12.3 Å². The molecule has 0 atom stereocenters. The Labute approximate surface area is 53.0 Å². The first kappa shape index (κ1) is 8.10. The average Bonchev–Trinajstić information content (AvgIpc) is 2.12. The molecule has 0 unspecified atom stereocenters. The second kappa shape index (κ2) is 3.19. The molecule has 0 spiro atoms. The van der Waals surface area contributed by atoms with Crippen molar-refractivity contribution in [3.63, 3.8) is 0 Å². The highest BCUT2D eigenvalue weighted by Gasteiger charge is 1.96. The lowest BCUT2D eigenvalue weighted by atomic mass is 10.6. The molecule has 0 saturated carbocycles. The van der Waals surface area contributed by atoms with Crippen LogP contribution in [0.4, 0.5) is 5.82 Å². The van der Waals surface area contributed by atoms with Gasteiger partial charge in [-0.1, -0.05) is 0 Å². The van der Waals surface area contributed by atoms with Crippen LogP contribution in [0.3, 0.4) is 0 Å². The maximum Gasteiger partial charge on any atom is 0.221 e. The second-order valence-electron chi connectivity index (χ2n) is 1.97. The van der Waals surface area contributed by atoms with Gasteiger partial charge in [-0.15, -0.1) is 0 Å². The third kappa shape index (κ3) is 1.81. The van der Waals surface area contributed by atoms with Crippen molar-refractivity contribution in [1.29, 1.82) is 0 Å². The van der Waals surface area contributed by atoms with Crippen LogP contribution in [0.1, 0.15) is 0 Å². The molecule has 0 aliphatic carbocycles. The molecular weight excluding hydrogens is 121 g/mol. The number of nitrogens with zero attached hydrogens (tertiary/aromatic N) is 1. The number of hydrogen-bond donors (Lipinski definition) is 2. The van der Waals surface area contributed by atoms with Crippen molar-refractivity contribution in [3.05, 3.63) is 12.3 Å². The molecule has 0 saturated heterocycles. The Hall–Kier alpha value is -0.900. The Bertz CT molecular complexity index is 147. The van der Waals surface area contributed by atoms with Crippen LogP contribution in [0, 0.1) is 0 Å². The van der Waals surface area contributed by atoms with Gasteiger partial charge in [0.05, 0.1) is 20.3 Å². The zero-order valence-corrected chi connectivity index (χ0v) is 5.48. The highest BCUT2D eigenvalue weighted by atomic mass is 19.0. The molecule has 0 bridgehead atoms. The van der Waals surface area contributed by atoms with Gasteiger partial charge in [-0.25, -0.2) is 5.10 Å². The summed E-state index contributed by atoms with van der Waals surface area (Å²) in [6.45, 7) is 0. The summed E-state index contributed by atoms with van der Waals surface area (Å²) >= 11 is 0. The lowest BCUT2D eigenvalue weighted by Gasteiger charge is -1.98. The SMILES string of the molecule is C[NH+](C)c1ccn[nH]1.[F-]. The Morgan fingerprint density at radius 3 is 2.44 bits per heavy atom. The van der Waals surface area contributed by atoms with Crippen molar-refractivity contribution >= 4 is 5.82 Å². The van der Waals surface area contributed by atoms with Crippen molar-refractivity contribution in [3.8, 4) is 0 Å². The molecule has 0 radical (unpaired) electrons. The summed E-state index contributed by atoms with van der Waals surface area (Å²) < 4.78 is 0. The summed E-state index contributed by atoms with van der Waals surface area (Å²) in [5, 5.41) is 6.65. The van der Waals surface area contributed by atoms with E-state index in [1.807, 2.05) is 20.2 Å². The molecule has 9 heavy (non-hydrogen) atoms. The summed E-state index contributed by atoms with van der Waals surface area (Å²) in [6, 6.07) is 1.95. The maximum absolute atomic E-state index is 3.80. The van der Waals surface area contributed by atoms with E-state index in [4.69, 9.17) is 0 Å². The minimum absolute atomic E-state index is 0. The van der Waals surface area contributed by atoms with Crippen molar-refractivity contribution < 1.29 is 9.60 Å². The molecule has 1 heterocycles. The molecular formula is C5H10FN3. The molecule has 1 aromatic rings. The van der Waals surface area contributed by atoms with Crippen LogP contribution < -0.4 is 9.60 Å². The van der Waals surface area contributed by atoms with E-state index < -0.39 is 0 Å². The lowest BCUT2D eigenvalue weighted by molar-refractivity contribution is -0.789. The van der Waals surface area contributed by atoms with Crippen LogP contribution in [0.25, 0.3) is 0 Å². The van der Waals surface area contributed by atoms with E-state index in [9.17, 15) is 0 Å². The fraction of sp³-hybridized carbons (Fsp3) is 0.400. The van der Waals surface area contributed by atoms with Gasteiger partial charge in [0.2, 0.25) is 5.82 Å². The zero-order valence-electron chi connectivity index (χ0n) is 5.48. The minimum Gasteiger partial charge on any atom is -1.00 e. The van der Waals surface area contributed by atoms with Crippen LogP contribution in [-0.2, 0) is 0 Å². The number of hydrogen-bond acceptors (Lipinski definition) is 1. The van der Waals surface area contributed by atoms with Gasteiger partial charge >= 0.3 is 0 Å². The van der Waals surface area contributed by atoms with Gasteiger partial charge in [0, 0.05) is 6.07 Å².